The van der Waals surface area contributed by atoms with E-state index < -0.39 is 104 Å². The Morgan fingerprint density at radius 1 is 0.878 bits per heavy atom. The van der Waals surface area contributed by atoms with Crippen molar-refractivity contribution < 1.29 is 67.3 Å². The molecule has 18 nitrogen and oxygen atoms in total. The second-order valence-electron chi connectivity index (χ2n) is 9.29. The van der Waals surface area contributed by atoms with E-state index in [2.05, 4.69) is 15.3 Å². The molecule has 2 aliphatic rings. The van der Waals surface area contributed by atoms with Crippen molar-refractivity contribution in [1.82, 2.24) is 5.32 Å². The lowest BCUT2D eigenvalue weighted by Crippen LogP contribution is -2.78. The minimum Gasteiger partial charge on any atom is -0.463 e. The quantitative estimate of drug-likeness (QED) is 0.0851. The van der Waals surface area contributed by atoms with Crippen molar-refractivity contribution in [2.45, 2.75) is 95.2 Å². The smallest absolute Gasteiger partial charge is 0.303 e. The van der Waals surface area contributed by atoms with Crippen LogP contribution in [-0.2, 0) is 57.1 Å². The maximum absolute atomic E-state index is 12.2. The zero-order valence-electron chi connectivity index (χ0n) is 23.2. The van der Waals surface area contributed by atoms with Crippen LogP contribution in [0.4, 0.5) is 0 Å². The standard InChI is InChI=1S/C23H34N4O14/c1-9(28)25-21-18(34)17(33)14(7-36-10(2)29)41-23(21,35-6)22-20(39-13(5)32)16(26-27-24)19(38-12(4)31)15(40-22)8-37-11(3)30/h14-22,33-34H,7-8H2,1-6H3,(H,25,28)/t14-,15-,16+,17-,18+,19+,20-,21-,22-,23+/m1/s1. The van der Waals surface area contributed by atoms with Crippen LogP contribution in [0.1, 0.15) is 34.6 Å². The summed E-state index contributed by atoms with van der Waals surface area (Å²) in [6.45, 7) is 4.19. The minimum atomic E-state index is -2.37. The maximum atomic E-state index is 12.2. The number of nitrogens with one attached hydrogen (secondary N) is 1. The first-order valence-electron chi connectivity index (χ1n) is 12.3. The molecule has 10 atom stereocenters. The second kappa shape index (κ2) is 14.4. The number of esters is 4. The highest BCUT2D eigenvalue weighted by atomic mass is 16.7. The Bertz CT molecular complexity index is 1050. The zero-order chi connectivity index (χ0) is 31.1. The fourth-order valence-electron chi connectivity index (χ4n) is 4.75. The molecule has 0 aliphatic carbocycles. The molecule has 0 radical (unpaired) electrons. The van der Waals surface area contributed by atoms with Crippen LogP contribution in [0.25, 0.3) is 10.4 Å². The largest absolute Gasteiger partial charge is 0.463 e. The highest BCUT2D eigenvalue weighted by Crippen LogP contribution is 2.42. The van der Waals surface area contributed by atoms with Crippen LogP contribution in [0, 0.1) is 0 Å². The number of methoxy groups -OCH3 is 1. The van der Waals surface area contributed by atoms with Gasteiger partial charge in [-0.3, -0.25) is 24.0 Å². The molecular weight excluding hydrogens is 556 g/mol. The number of aliphatic hydroxyl groups excluding tert-OH is 2. The van der Waals surface area contributed by atoms with Crippen LogP contribution in [-0.4, -0.2) is 121 Å². The molecule has 0 bridgehead atoms. The normalized spacial score (nSPS) is 34.8. The zero-order valence-corrected chi connectivity index (χ0v) is 23.2. The van der Waals surface area contributed by atoms with Gasteiger partial charge in [-0.25, -0.2) is 0 Å². The molecule has 41 heavy (non-hydrogen) atoms. The summed E-state index contributed by atoms with van der Waals surface area (Å²) in [4.78, 5) is 62.3. The molecule has 230 valence electrons. The van der Waals surface area contributed by atoms with Crippen LogP contribution >= 0.6 is 0 Å². The Balaban J connectivity index is 2.79. The highest BCUT2D eigenvalue weighted by molar-refractivity contribution is 5.73. The van der Waals surface area contributed by atoms with E-state index in [4.69, 9.17) is 33.2 Å². The summed E-state index contributed by atoms with van der Waals surface area (Å²) in [5.74, 6) is -6.35. The van der Waals surface area contributed by atoms with Crippen molar-refractivity contribution in [3.05, 3.63) is 10.4 Å². The van der Waals surface area contributed by atoms with E-state index in [1.165, 1.54) is 0 Å². The van der Waals surface area contributed by atoms with E-state index in [1.807, 2.05) is 0 Å². The van der Waals surface area contributed by atoms with Gasteiger partial charge in [0.2, 0.25) is 11.7 Å². The summed E-state index contributed by atoms with van der Waals surface area (Å²) in [6.07, 6.45) is -11.4. The van der Waals surface area contributed by atoms with Crippen molar-refractivity contribution >= 4 is 29.8 Å². The number of carbonyl (C=O) groups excluding carboxylic acids is 5. The molecule has 3 N–H and O–H groups in total. The average Bonchev–Trinajstić information content (AvgIpc) is 2.87. The number of hydrogen-bond acceptors (Lipinski definition) is 15. The van der Waals surface area contributed by atoms with Gasteiger partial charge in [0.15, 0.2) is 6.10 Å². The van der Waals surface area contributed by atoms with Gasteiger partial charge in [0, 0.05) is 46.6 Å². The number of hydrogen-bond donors (Lipinski definition) is 3. The first kappa shape index (κ1) is 33.7. The fourth-order valence-corrected chi connectivity index (χ4v) is 4.75. The van der Waals surface area contributed by atoms with Crippen molar-refractivity contribution in [3.63, 3.8) is 0 Å². The third-order valence-corrected chi connectivity index (χ3v) is 6.27. The summed E-state index contributed by atoms with van der Waals surface area (Å²) in [6, 6.07) is -3.21. The first-order valence-corrected chi connectivity index (χ1v) is 12.3. The van der Waals surface area contributed by atoms with Crippen molar-refractivity contribution in [1.29, 1.82) is 0 Å². The van der Waals surface area contributed by atoms with Gasteiger partial charge in [-0.1, -0.05) is 5.11 Å². The number of ether oxygens (including phenoxy) is 7. The van der Waals surface area contributed by atoms with Gasteiger partial charge in [-0.05, 0) is 5.53 Å². The van der Waals surface area contributed by atoms with Crippen molar-refractivity contribution in [3.8, 4) is 0 Å². The lowest BCUT2D eigenvalue weighted by molar-refractivity contribution is -0.386. The number of nitrogens with zero attached hydrogens (tertiary/aromatic N) is 3. The number of carbonyl (C=O) groups is 5. The van der Waals surface area contributed by atoms with E-state index in [9.17, 15) is 39.7 Å². The molecule has 18 heteroatoms. The lowest BCUT2D eigenvalue weighted by atomic mass is 9.80. The molecule has 0 aromatic carbocycles. The molecule has 2 saturated heterocycles. The lowest BCUT2D eigenvalue weighted by Gasteiger charge is -2.56. The number of amides is 1. The molecule has 2 aliphatic heterocycles. The summed E-state index contributed by atoms with van der Waals surface area (Å²) in [5.41, 5.74) is 9.37. The molecule has 0 aromatic rings. The topological polar surface area (TPSA) is 251 Å². The monoisotopic (exact) mass is 590 g/mol. The van der Waals surface area contributed by atoms with Crippen LogP contribution in [0.2, 0.25) is 0 Å². The van der Waals surface area contributed by atoms with Gasteiger partial charge < -0.3 is 48.7 Å². The minimum absolute atomic E-state index is 0.569. The van der Waals surface area contributed by atoms with Crippen molar-refractivity contribution in [2.75, 3.05) is 20.3 Å². The number of rotatable bonds is 10. The van der Waals surface area contributed by atoms with Gasteiger partial charge in [0.1, 0.15) is 61.9 Å². The summed E-state index contributed by atoms with van der Waals surface area (Å²) < 4.78 is 38.7. The maximum Gasteiger partial charge on any atom is 0.303 e. The molecule has 2 rings (SSSR count). The van der Waals surface area contributed by atoms with Gasteiger partial charge in [-0.2, -0.15) is 0 Å². The molecule has 0 unspecified atom stereocenters. The Morgan fingerprint density at radius 3 is 1.88 bits per heavy atom. The van der Waals surface area contributed by atoms with Gasteiger partial charge in [-0.15, -0.1) is 0 Å². The van der Waals surface area contributed by atoms with E-state index >= 15 is 0 Å². The van der Waals surface area contributed by atoms with Gasteiger partial charge >= 0.3 is 23.9 Å². The van der Waals surface area contributed by atoms with E-state index in [0.29, 0.717) is 0 Å². The molecular formula is C23H34N4O14. The van der Waals surface area contributed by atoms with Crippen molar-refractivity contribution in [2.24, 2.45) is 5.11 Å². The van der Waals surface area contributed by atoms with Crippen LogP contribution < -0.4 is 5.32 Å². The van der Waals surface area contributed by atoms with Crippen LogP contribution in [0.5, 0.6) is 0 Å². The fraction of sp³-hybridized carbons (Fsp3) is 0.783. The van der Waals surface area contributed by atoms with E-state index in [1.54, 1.807) is 0 Å². The predicted octanol–water partition coefficient (Wildman–Crippen LogP) is -1.61. The Kier molecular flexibility index (Phi) is 11.8. The molecule has 0 aromatic heterocycles. The molecule has 2 fully saturated rings. The Labute approximate surface area is 234 Å². The highest BCUT2D eigenvalue weighted by Gasteiger charge is 2.66. The SMILES string of the molecule is CO[C@]1([C@@H]2O[C@H](COC(C)=O)[C@H](OC(C)=O)[C@H](N=[N+]=[N-])[C@H]2OC(C)=O)O[C@H](COC(C)=O)[C@@H](O)[C@H](O)[C@H]1NC(C)=O. The third kappa shape index (κ3) is 8.02. The molecule has 0 spiro atoms. The molecule has 2 heterocycles. The molecule has 1 amide bonds. The second-order valence-corrected chi connectivity index (χ2v) is 9.29. The predicted molar refractivity (Wildman–Crippen MR) is 130 cm³/mol. The number of aliphatic hydroxyl groups is 2. The Morgan fingerprint density at radius 2 is 1.41 bits per heavy atom. The van der Waals surface area contributed by atoms with Gasteiger partial charge in [0.05, 0.1) is 0 Å². The van der Waals surface area contributed by atoms with Crippen LogP contribution in [0.15, 0.2) is 5.11 Å². The first-order chi connectivity index (χ1) is 19.2. The Hall–Kier alpha value is -3.54. The number of azide groups is 1. The van der Waals surface area contributed by atoms with E-state index in [0.717, 1.165) is 41.7 Å². The summed E-state index contributed by atoms with van der Waals surface area (Å²) in [7, 11) is 1.08. The summed E-state index contributed by atoms with van der Waals surface area (Å²) in [5, 5.41) is 28.0. The van der Waals surface area contributed by atoms with Gasteiger partial charge in [0.25, 0.3) is 0 Å². The molecule has 0 saturated carbocycles. The third-order valence-electron chi connectivity index (χ3n) is 6.27. The van der Waals surface area contributed by atoms with Crippen LogP contribution in [0.3, 0.4) is 0 Å². The van der Waals surface area contributed by atoms with E-state index in [-0.39, 0.29) is 0 Å². The average molecular weight is 591 g/mol. The summed E-state index contributed by atoms with van der Waals surface area (Å²) >= 11 is 0.